The fourth-order valence-corrected chi connectivity index (χ4v) is 0.589. The second-order valence-corrected chi connectivity index (χ2v) is 2.56. The minimum atomic E-state index is 0.116. The van der Waals surface area contributed by atoms with Crippen molar-refractivity contribution in [1.29, 1.82) is 0 Å². The van der Waals surface area contributed by atoms with E-state index in [1.165, 1.54) is 5.56 Å². The van der Waals surface area contributed by atoms with Gasteiger partial charge in [0.25, 0.3) is 0 Å². The van der Waals surface area contributed by atoms with Crippen LogP contribution in [0.25, 0.3) is 6.08 Å². The fourth-order valence-electron chi connectivity index (χ4n) is 0.589. The molecular formula is C9H13N3S. The van der Waals surface area contributed by atoms with E-state index in [0.29, 0.717) is 0 Å². The Hall–Kier alpha value is -1.39. The number of nitrogens with one attached hydrogen (secondary N) is 1. The molecule has 0 spiro atoms. The number of hydrogen-bond acceptors (Lipinski definition) is 2. The van der Waals surface area contributed by atoms with Gasteiger partial charge in [0.2, 0.25) is 0 Å². The first-order valence-electron chi connectivity index (χ1n) is 3.64. The van der Waals surface area contributed by atoms with Gasteiger partial charge >= 0.3 is 0 Å². The first kappa shape index (κ1) is 11.6. The molecular weight excluding hydrogens is 182 g/mol. The average molecular weight is 195 g/mol. The zero-order valence-electron chi connectivity index (χ0n) is 7.23. The van der Waals surface area contributed by atoms with Crippen molar-refractivity contribution >= 4 is 23.4 Å². The third-order valence-electron chi connectivity index (χ3n) is 1.18. The molecule has 0 atom stereocenters. The van der Waals surface area contributed by atoms with E-state index in [0.717, 1.165) is 0 Å². The van der Waals surface area contributed by atoms with E-state index in [9.17, 15) is 0 Å². The Balaban J connectivity index is 0.000000252. The van der Waals surface area contributed by atoms with Crippen LogP contribution >= 0.6 is 12.2 Å². The summed E-state index contributed by atoms with van der Waals surface area (Å²) in [6.07, 6.45) is 1.83. The van der Waals surface area contributed by atoms with Crippen LogP contribution in [-0.2, 0) is 0 Å². The van der Waals surface area contributed by atoms with Crippen LogP contribution in [0, 0.1) is 0 Å². The quantitative estimate of drug-likeness (QED) is 0.356. The third-order valence-corrected chi connectivity index (χ3v) is 1.30. The summed E-state index contributed by atoms with van der Waals surface area (Å²) in [4.78, 5) is 0. The number of hydrogen-bond donors (Lipinski definition) is 3. The number of benzene rings is 1. The number of nitrogens with two attached hydrogens (primary N) is 2. The average Bonchev–Trinajstić information content (AvgIpc) is 2.20. The van der Waals surface area contributed by atoms with Crippen molar-refractivity contribution in [1.82, 2.24) is 5.43 Å². The summed E-state index contributed by atoms with van der Waals surface area (Å²) in [7, 11) is 0. The second kappa shape index (κ2) is 7.27. The van der Waals surface area contributed by atoms with Gasteiger partial charge in [0.15, 0.2) is 5.11 Å². The van der Waals surface area contributed by atoms with Crippen LogP contribution in [0.5, 0.6) is 0 Å². The van der Waals surface area contributed by atoms with Crippen LogP contribution in [0.2, 0.25) is 0 Å². The van der Waals surface area contributed by atoms with Gasteiger partial charge in [-0.05, 0) is 17.8 Å². The van der Waals surface area contributed by atoms with Gasteiger partial charge in [-0.1, -0.05) is 43.0 Å². The lowest BCUT2D eigenvalue weighted by Gasteiger charge is -1.85. The van der Waals surface area contributed by atoms with Crippen LogP contribution in [0.3, 0.4) is 0 Å². The molecule has 5 N–H and O–H groups in total. The molecule has 1 aromatic rings. The predicted molar refractivity (Wildman–Crippen MR) is 60.6 cm³/mol. The molecule has 1 rings (SSSR count). The number of hydrazine groups is 1. The molecule has 0 amide bonds. The zero-order chi connectivity index (χ0) is 10.1. The molecule has 0 aromatic heterocycles. The van der Waals surface area contributed by atoms with Crippen LogP contribution in [-0.4, -0.2) is 5.11 Å². The lowest BCUT2D eigenvalue weighted by atomic mass is 10.2. The van der Waals surface area contributed by atoms with Gasteiger partial charge in [0.05, 0.1) is 0 Å². The van der Waals surface area contributed by atoms with Gasteiger partial charge < -0.3 is 11.2 Å². The predicted octanol–water partition coefficient (Wildman–Crippen LogP) is 1.02. The molecule has 0 saturated heterocycles. The Morgan fingerprint density at radius 2 is 1.85 bits per heavy atom. The maximum Gasteiger partial charge on any atom is 0.177 e. The second-order valence-electron chi connectivity index (χ2n) is 2.12. The summed E-state index contributed by atoms with van der Waals surface area (Å²) in [6.45, 7) is 3.63. The molecule has 0 radical (unpaired) electrons. The Bertz CT molecular complexity index is 259. The fraction of sp³-hybridized carbons (Fsp3) is 0. The van der Waals surface area contributed by atoms with E-state index < -0.39 is 0 Å². The molecule has 0 saturated carbocycles. The van der Waals surface area contributed by atoms with Gasteiger partial charge in [-0.15, -0.1) is 0 Å². The summed E-state index contributed by atoms with van der Waals surface area (Å²) >= 11 is 4.24. The van der Waals surface area contributed by atoms with E-state index in [2.05, 4.69) is 24.6 Å². The van der Waals surface area contributed by atoms with Crippen LogP contribution < -0.4 is 17.0 Å². The Morgan fingerprint density at radius 3 is 2.08 bits per heavy atom. The Labute approximate surface area is 83.4 Å². The number of thiocarbonyl (C=S) groups is 1. The van der Waals surface area contributed by atoms with Crippen molar-refractivity contribution < 1.29 is 0 Å². The molecule has 13 heavy (non-hydrogen) atoms. The summed E-state index contributed by atoms with van der Waals surface area (Å²) in [6, 6.07) is 10.0. The highest BCUT2D eigenvalue weighted by Gasteiger charge is 1.75. The van der Waals surface area contributed by atoms with Crippen molar-refractivity contribution in [3.8, 4) is 0 Å². The van der Waals surface area contributed by atoms with Crippen LogP contribution in [0.4, 0.5) is 0 Å². The Kier molecular flexibility index (Phi) is 6.49. The minimum Gasteiger partial charge on any atom is -0.375 e. The summed E-state index contributed by atoms with van der Waals surface area (Å²) in [5.41, 5.74) is 8.00. The van der Waals surface area contributed by atoms with Crippen molar-refractivity contribution in [2.45, 2.75) is 0 Å². The molecule has 1 aromatic carbocycles. The van der Waals surface area contributed by atoms with Gasteiger partial charge in [0.1, 0.15) is 0 Å². The first-order chi connectivity index (χ1) is 6.20. The normalized spacial score (nSPS) is 7.77. The molecule has 0 aliphatic rings. The van der Waals surface area contributed by atoms with Crippen molar-refractivity contribution in [2.75, 3.05) is 0 Å². The largest absolute Gasteiger partial charge is 0.375 e. The number of rotatable bonds is 1. The highest BCUT2D eigenvalue weighted by Crippen LogP contribution is 1.97. The van der Waals surface area contributed by atoms with Gasteiger partial charge in [0, 0.05) is 0 Å². The van der Waals surface area contributed by atoms with Crippen LogP contribution in [0.1, 0.15) is 5.56 Å². The van der Waals surface area contributed by atoms with Crippen molar-refractivity contribution in [3.63, 3.8) is 0 Å². The SMILES string of the molecule is C=Cc1ccccc1.NNC(N)=S. The summed E-state index contributed by atoms with van der Waals surface area (Å²) in [5.74, 6) is 4.66. The highest BCUT2D eigenvalue weighted by molar-refractivity contribution is 7.80. The molecule has 0 heterocycles. The Morgan fingerprint density at radius 1 is 1.38 bits per heavy atom. The topological polar surface area (TPSA) is 64.1 Å². The van der Waals surface area contributed by atoms with Crippen molar-refractivity contribution in [3.05, 3.63) is 42.5 Å². The molecule has 0 aliphatic heterocycles. The summed E-state index contributed by atoms with van der Waals surface area (Å²) in [5, 5.41) is 0.116. The lowest BCUT2D eigenvalue weighted by Crippen LogP contribution is -2.34. The molecule has 3 nitrogen and oxygen atoms in total. The monoisotopic (exact) mass is 195 g/mol. The third kappa shape index (κ3) is 6.99. The lowest BCUT2D eigenvalue weighted by molar-refractivity contribution is 1.03. The maximum absolute atomic E-state index is 4.79. The van der Waals surface area contributed by atoms with E-state index in [-0.39, 0.29) is 5.11 Å². The minimum absolute atomic E-state index is 0.116. The zero-order valence-corrected chi connectivity index (χ0v) is 8.05. The maximum atomic E-state index is 4.79. The van der Waals surface area contributed by atoms with E-state index in [1.54, 1.807) is 0 Å². The van der Waals surface area contributed by atoms with Gasteiger partial charge in [-0.25, -0.2) is 5.84 Å². The van der Waals surface area contributed by atoms with Gasteiger partial charge in [-0.2, -0.15) is 0 Å². The smallest absolute Gasteiger partial charge is 0.177 e. The van der Waals surface area contributed by atoms with E-state index >= 15 is 0 Å². The highest BCUT2D eigenvalue weighted by atomic mass is 32.1. The van der Waals surface area contributed by atoms with Crippen LogP contribution in [0.15, 0.2) is 36.9 Å². The molecule has 0 aliphatic carbocycles. The molecule has 0 fully saturated rings. The van der Waals surface area contributed by atoms with E-state index in [4.69, 9.17) is 5.73 Å². The standard InChI is InChI=1S/C8H8.CH5N3S/c1-2-8-6-4-3-5-7-8;2-1(5)4-3/h2-7H,1H2;3H2,(H3,2,4,5). The molecule has 70 valence electrons. The molecule has 0 unspecified atom stereocenters. The molecule has 0 bridgehead atoms. The molecule has 4 heteroatoms. The van der Waals surface area contributed by atoms with Crippen molar-refractivity contribution in [2.24, 2.45) is 11.6 Å². The first-order valence-corrected chi connectivity index (χ1v) is 4.05. The van der Waals surface area contributed by atoms with Gasteiger partial charge in [-0.3, -0.25) is 0 Å². The van der Waals surface area contributed by atoms with E-state index in [1.807, 2.05) is 41.8 Å². The summed E-state index contributed by atoms with van der Waals surface area (Å²) < 4.78 is 0.